The highest BCUT2D eigenvalue weighted by Gasteiger charge is 2.23. The molecule has 3 aromatic heterocycles. The number of rotatable bonds is 5. The summed E-state index contributed by atoms with van der Waals surface area (Å²) in [5.74, 6) is -0.820. The van der Waals surface area contributed by atoms with Gasteiger partial charge in [-0.05, 0) is 18.9 Å². The molecule has 156 valence electrons. The Balaban J connectivity index is 0.00000117. The van der Waals surface area contributed by atoms with Crippen molar-refractivity contribution in [1.82, 2.24) is 24.4 Å². The first-order valence-electron chi connectivity index (χ1n) is 9.75. The maximum Gasteiger partial charge on any atom is 0.388 e. The molecule has 0 radical (unpaired) electrons. The van der Waals surface area contributed by atoms with Crippen molar-refractivity contribution in [2.75, 3.05) is 5.32 Å². The van der Waals surface area contributed by atoms with Crippen LogP contribution < -0.4 is 10.1 Å². The predicted molar refractivity (Wildman–Crippen MR) is 103 cm³/mol. The van der Waals surface area contributed by atoms with Gasteiger partial charge in [0.1, 0.15) is 11.3 Å². The highest BCUT2D eigenvalue weighted by Crippen LogP contribution is 2.32. The Kier molecular flexibility index (Phi) is 6.73. The molecule has 10 heteroatoms. The van der Waals surface area contributed by atoms with E-state index in [4.69, 9.17) is 0 Å². The van der Waals surface area contributed by atoms with Crippen molar-refractivity contribution in [3.63, 3.8) is 0 Å². The van der Waals surface area contributed by atoms with Crippen LogP contribution in [0.2, 0.25) is 0 Å². The smallest absolute Gasteiger partial charge is 0.388 e. The molecule has 1 N–H and O–H groups in total. The van der Waals surface area contributed by atoms with Gasteiger partial charge in [-0.1, -0.05) is 33.1 Å². The summed E-state index contributed by atoms with van der Waals surface area (Å²) < 4.78 is 33.1. The summed E-state index contributed by atoms with van der Waals surface area (Å²) >= 11 is 0. The second kappa shape index (κ2) is 9.44. The van der Waals surface area contributed by atoms with Crippen LogP contribution >= 0.6 is 0 Å². The number of nitrogens with one attached hydrogen (secondary N) is 1. The van der Waals surface area contributed by atoms with Gasteiger partial charge in [-0.15, -0.1) is 5.10 Å². The molecule has 0 saturated heterocycles. The zero-order chi connectivity index (χ0) is 20.8. The number of hydrogen-bond acceptors (Lipinski definition) is 5. The summed E-state index contributed by atoms with van der Waals surface area (Å²) in [6.45, 7) is 0.967. The lowest BCUT2D eigenvalue weighted by Crippen LogP contribution is -2.13. The zero-order valence-electron chi connectivity index (χ0n) is 16.4. The monoisotopic (exact) mass is 406 g/mol. The van der Waals surface area contributed by atoms with Gasteiger partial charge in [-0.2, -0.15) is 13.9 Å². The summed E-state index contributed by atoms with van der Waals surface area (Å²) in [6, 6.07) is 1.80. The van der Waals surface area contributed by atoms with Crippen LogP contribution in [-0.4, -0.2) is 36.9 Å². The molecule has 4 rings (SSSR count). The second-order valence-corrected chi connectivity index (χ2v) is 6.40. The lowest BCUT2D eigenvalue weighted by Gasteiger charge is -2.21. The van der Waals surface area contributed by atoms with Gasteiger partial charge in [0.25, 0.3) is 11.8 Å². The number of carbonyl (C=O) groups excluding carboxylic acids is 1. The van der Waals surface area contributed by atoms with E-state index in [1.165, 1.54) is 10.7 Å². The number of aromatic nitrogens is 5. The third-order valence-electron chi connectivity index (χ3n) is 4.62. The molecule has 0 spiro atoms. The molecule has 0 unspecified atom stereocenters. The number of ether oxygens (including phenoxy) is 1. The van der Waals surface area contributed by atoms with Crippen molar-refractivity contribution in [1.29, 1.82) is 0 Å². The molecule has 0 aliphatic heterocycles. The Labute approximate surface area is 166 Å². The summed E-state index contributed by atoms with van der Waals surface area (Å²) in [6.07, 6.45) is 11.2. The van der Waals surface area contributed by atoms with Crippen molar-refractivity contribution in [3.8, 4) is 5.88 Å². The number of nitrogens with zero attached hydrogens (tertiary/aromatic N) is 5. The average Bonchev–Trinajstić information content (AvgIpc) is 3.34. The fourth-order valence-electron chi connectivity index (χ4n) is 3.34. The third-order valence-corrected chi connectivity index (χ3v) is 4.62. The Morgan fingerprint density at radius 1 is 1.28 bits per heavy atom. The third kappa shape index (κ3) is 4.69. The van der Waals surface area contributed by atoms with Gasteiger partial charge in [-0.3, -0.25) is 9.48 Å². The molecule has 1 aliphatic carbocycles. The Hall–Kier alpha value is -3.04. The van der Waals surface area contributed by atoms with Crippen LogP contribution in [0.5, 0.6) is 5.88 Å². The van der Waals surface area contributed by atoms with Crippen LogP contribution in [0.4, 0.5) is 14.5 Å². The average molecular weight is 406 g/mol. The highest BCUT2D eigenvalue weighted by molar-refractivity contribution is 6.08. The van der Waals surface area contributed by atoms with E-state index in [1.54, 1.807) is 29.3 Å². The minimum absolute atomic E-state index is 0.0983. The minimum Gasteiger partial charge on any atom is -0.413 e. The van der Waals surface area contributed by atoms with Crippen molar-refractivity contribution < 1.29 is 18.3 Å². The Morgan fingerprint density at radius 3 is 2.76 bits per heavy atom. The summed E-state index contributed by atoms with van der Waals surface area (Å²) in [4.78, 5) is 16.7. The molecule has 29 heavy (non-hydrogen) atoms. The highest BCUT2D eigenvalue weighted by atomic mass is 19.3. The van der Waals surface area contributed by atoms with Crippen LogP contribution in [0.3, 0.4) is 0 Å². The number of hydrogen-bond donors (Lipinski definition) is 1. The van der Waals surface area contributed by atoms with Crippen LogP contribution in [0.15, 0.2) is 30.9 Å². The lowest BCUT2D eigenvalue weighted by atomic mass is 9.96. The minimum atomic E-state index is -3.03. The van der Waals surface area contributed by atoms with E-state index in [0.29, 0.717) is 5.65 Å². The number of carbonyl (C=O) groups is 1. The molecular formula is C19H24F2N6O2. The molecule has 1 fully saturated rings. The molecule has 1 amide bonds. The standard InChI is InChI=1S/C17H18F2N6O2.C2H6/c18-17(19)27-16-13(10-25(23-16)11-5-2-1-3-6-11)22-15(26)12-9-21-24-8-4-7-20-14(12)24;1-2/h4,7-11,17H,1-3,5-6H2,(H,22,26);1-2H3. The SMILES string of the molecule is CC.O=C(Nc1cn(C2CCCCC2)nc1OC(F)F)c1cnn2cccnc12. The molecule has 3 heterocycles. The van der Waals surface area contributed by atoms with Crippen LogP contribution in [0.25, 0.3) is 5.65 Å². The predicted octanol–water partition coefficient (Wildman–Crippen LogP) is 4.31. The van der Waals surface area contributed by atoms with E-state index in [-0.39, 0.29) is 23.2 Å². The molecule has 3 aromatic rings. The zero-order valence-corrected chi connectivity index (χ0v) is 16.4. The fourth-order valence-corrected chi connectivity index (χ4v) is 3.34. The first-order valence-corrected chi connectivity index (χ1v) is 9.75. The number of fused-ring (bicyclic) bond motifs is 1. The Morgan fingerprint density at radius 2 is 2.03 bits per heavy atom. The topological polar surface area (TPSA) is 86.3 Å². The van der Waals surface area contributed by atoms with E-state index in [9.17, 15) is 13.6 Å². The van der Waals surface area contributed by atoms with Crippen LogP contribution in [0.1, 0.15) is 62.4 Å². The van der Waals surface area contributed by atoms with Gasteiger partial charge in [0.15, 0.2) is 5.65 Å². The number of halogens is 2. The van der Waals surface area contributed by atoms with Gasteiger partial charge in [0, 0.05) is 12.4 Å². The van der Waals surface area contributed by atoms with Gasteiger partial charge in [0.2, 0.25) is 0 Å². The van der Waals surface area contributed by atoms with Gasteiger partial charge < -0.3 is 10.1 Å². The largest absolute Gasteiger partial charge is 0.413 e. The first kappa shape index (κ1) is 20.7. The summed E-state index contributed by atoms with van der Waals surface area (Å²) in [5, 5.41) is 10.8. The number of amides is 1. The van der Waals surface area contributed by atoms with Crippen molar-refractivity contribution in [3.05, 3.63) is 36.4 Å². The number of alkyl halides is 2. The molecule has 0 aromatic carbocycles. The van der Waals surface area contributed by atoms with E-state index >= 15 is 0 Å². The molecular weight excluding hydrogens is 382 g/mol. The molecule has 1 saturated carbocycles. The summed E-state index contributed by atoms with van der Waals surface area (Å²) in [7, 11) is 0. The van der Waals surface area contributed by atoms with Crippen molar-refractivity contribution in [2.45, 2.75) is 58.6 Å². The van der Waals surface area contributed by atoms with E-state index < -0.39 is 12.5 Å². The lowest BCUT2D eigenvalue weighted by molar-refractivity contribution is -0.0529. The Bertz CT molecular complexity index is 949. The van der Waals surface area contributed by atoms with Gasteiger partial charge in [-0.25, -0.2) is 9.50 Å². The summed E-state index contributed by atoms with van der Waals surface area (Å²) in [5.41, 5.74) is 0.691. The number of anilines is 1. The first-order chi connectivity index (χ1) is 14.1. The van der Waals surface area contributed by atoms with Crippen molar-refractivity contribution >= 4 is 17.2 Å². The quantitative estimate of drug-likeness (QED) is 0.682. The van der Waals surface area contributed by atoms with Crippen LogP contribution in [-0.2, 0) is 0 Å². The van der Waals surface area contributed by atoms with E-state index in [0.717, 1.165) is 32.1 Å². The molecule has 1 aliphatic rings. The maximum absolute atomic E-state index is 12.8. The maximum atomic E-state index is 12.8. The second-order valence-electron chi connectivity index (χ2n) is 6.40. The van der Waals surface area contributed by atoms with Gasteiger partial charge >= 0.3 is 6.61 Å². The van der Waals surface area contributed by atoms with E-state index in [2.05, 4.69) is 25.2 Å². The molecule has 0 atom stereocenters. The normalized spacial score (nSPS) is 14.5. The van der Waals surface area contributed by atoms with E-state index in [1.807, 2.05) is 13.8 Å². The van der Waals surface area contributed by atoms with Crippen LogP contribution in [0, 0.1) is 0 Å². The van der Waals surface area contributed by atoms with Crippen molar-refractivity contribution in [2.24, 2.45) is 0 Å². The fraction of sp³-hybridized carbons (Fsp3) is 0.474. The molecule has 0 bridgehead atoms. The molecule has 8 nitrogen and oxygen atoms in total. The van der Waals surface area contributed by atoms with Gasteiger partial charge in [0.05, 0.1) is 18.4 Å².